The van der Waals surface area contributed by atoms with Gasteiger partial charge in [-0.1, -0.05) is 190 Å². The van der Waals surface area contributed by atoms with Gasteiger partial charge in [-0.3, -0.25) is 0 Å². The maximum absolute atomic E-state index is 2.56. The number of benzene rings is 9. The van der Waals surface area contributed by atoms with Crippen LogP contribution >= 0.6 is 0 Å². The Morgan fingerprint density at radius 1 is 0.304 bits per heavy atom. The second-order valence-electron chi connectivity index (χ2n) is 15.3. The lowest BCUT2D eigenvalue weighted by molar-refractivity contribution is 0.661. The summed E-state index contributed by atoms with van der Waals surface area (Å²) in [5.41, 5.74) is 18.0. The second kappa shape index (κ2) is 13.7. The van der Waals surface area contributed by atoms with Gasteiger partial charge in [-0.2, -0.15) is 0 Å². The number of hydrogen-bond acceptors (Lipinski definition) is 1. The summed E-state index contributed by atoms with van der Waals surface area (Å²) in [6.45, 7) is 4.81. The van der Waals surface area contributed by atoms with E-state index in [1.54, 1.807) is 0 Å². The van der Waals surface area contributed by atoms with Crippen LogP contribution in [0.4, 0.5) is 17.1 Å². The van der Waals surface area contributed by atoms with Crippen molar-refractivity contribution in [3.63, 3.8) is 0 Å². The number of para-hydroxylation sites is 1. The maximum atomic E-state index is 2.56. The molecule has 10 rings (SSSR count). The van der Waals surface area contributed by atoms with E-state index in [1.165, 1.54) is 83.2 Å². The van der Waals surface area contributed by atoms with Gasteiger partial charge in [0.05, 0.1) is 17.1 Å². The predicted molar refractivity (Wildman–Crippen MR) is 238 cm³/mol. The summed E-state index contributed by atoms with van der Waals surface area (Å²) in [4.78, 5) is 2.56. The van der Waals surface area contributed by atoms with E-state index in [-0.39, 0.29) is 5.41 Å². The van der Waals surface area contributed by atoms with Crippen LogP contribution in [-0.2, 0) is 5.41 Å². The van der Waals surface area contributed by atoms with E-state index < -0.39 is 0 Å². The smallest absolute Gasteiger partial charge is 0.0540 e. The fourth-order valence-corrected chi connectivity index (χ4v) is 8.99. The van der Waals surface area contributed by atoms with Gasteiger partial charge in [0.25, 0.3) is 0 Å². The summed E-state index contributed by atoms with van der Waals surface area (Å²) in [7, 11) is 0. The Hall–Kier alpha value is -6.96. The molecule has 0 heterocycles. The molecule has 0 radical (unpaired) electrons. The standard InChI is InChI=1S/C55H41N/c1-55(2)50-37-42-26-13-12-25-41(42)36-49(50)47-30-18-32-53(54(47)55)56(51-31-17-16-29-46(51)45-28-15-14-27-44(45)39-21-8-4-9-22-39)52-34-33-43(38-19-6-3-7-20-38)35-48(52)40-23-10-5-11-24-40/h3-37H,1-2H3. The fraction of sp³-hybridized carbons (Fsp3) is 0.0545. The van der Waals surface area contributed by atoms with Gasteiger partial charge in [0.1, 0.15) is 0 Å². The van der Waals surface area contributed by atoms with Crippen molar-refractivity contribution in [2.24, 2.45) is 0 Å². The second-order valence-corrected chi connectivity index (χ2v) is 15.3. The molecule has 1 nitrogen and oxygen atoms in total. The first kappa shape index (κ1) is 33.6. The SMILES string of the molecule is CC1(C)c2cc3ccccc3cc2-c2cccc(N(c3ccc(-c4ccccc4)cc3-c3ccccc3)c3ccccc3-c3ccccc3-c3ccccc3)c21. The van der Waals surface area contributed by atoms with Crippen LogP contribution in [0.3, 0.4) is 0 Å². The van der Waals surface area contributed by atoms with Crippen molar-refractivity contribution < 1.29 is 0 Å². The van der Waals surface area contributed by atoms with E-state index in [0.29, 0.717) is 0 Å². The van der Waals surface area contributed by atoms with Crippen molar-refractivity contribution in [2.75, 3.05) is 4.90 Å². The van der Waals surface area contributed by atoms with E-state index in [9.17, 15) is 0 Å². The molecule has 0 fully saturated rings. The zero-order chi connectivity index (χ0) is 37.6. The summed E-state index contributed by atoms with van der Waals surface area (Å²) in [6.07, 6.45) is 0. The largest absolute Gasteiger partial charge is 0.309 e. The molecule has 0 aliphatic heterocycles. The maximum Gasteiger partial charge on any atom is 0.0540 e. The van der Waals surface area contributed by atoms with Gasteiger partial charge < -0.3 is 4.90 Å². The third-order valence-electron chi connectivity index (χ3n) is 11.6. The Morgan fingerprint density at radius 3 is 1.50 bits per heavy atom. The molecule has 1 aliphatic carbocycles. The molecule has 0 atom stereocenters. The van der Waals surface area contributed by atoms with E-state index in [0.717, 1.165) is 11.4 Å². The third kappa shape index (κ3) is 5.63. The third-order valence-corrected chi connectivity index (χ3v) is 11.6. The van der Waals surface area contributed by atoms with Gasteiger partial charge >= 0.3 is 0 Å². The van der Waals surface area contributed by atoms with Crippen molar-refractivity contribution >= 4 is 27.8 Å². The topological polar surface area (TPSA) is 3.24 Å². The molecule has 0 unspecified atom stereocenters. The Balaban J connectivity index is 1.28. The molecule has 1 aliphatic rings. The molecule has 9 aromatic carbocycles. The number of nitrogens with zero attached hydrogens (tertiary/aromatic N) is 1. The Kier molecular flexibility index (Phi) is 8.23. The molecule has 0 spiro atoms. The van der Waals surface area contributed by atoms with Gasteiger partial charge in [-0.15, -0.1) is 0 Å². The minimum Gasteiger partial charge on any atom is -0.309 e. The normalized spacial score (nSPS) is 12.6. The lowest BCUT2D eigenvalue weighted by atomic mass is 9.80. The summed E-state index contributed by atoms with van der Waals surface area (Å²) >= 11 is 0. The van der Waals surface area contributed by atoms with Gasteiger partial charge in [-0.25, -0.2) is 0 Å². The summed E-state index contributed by atoms with van der Waals surface area (Å²) in [6, 6.07) is 77.7. The highest BCUT2D eigenvalue weighted by Crippen LogP contribution is 2.57. The summed E-state index contributed by atoms with van der Waals surface area (Å²) < 4.78 is 0. The molecule has 0 bridgehead atoms. The molecule has 1 heteroatoms. The van der Waals surface area contributed by atoms with Crippen molar-refractivity contribution in [3.05, 3.63) is 223 Å². The zero-order valence-corrected chi connectivity index (χ0v) is 31.7. The monoisotopic (exact) mass is 715 g/mol. The van der Waals surface area contributed by atoms with Crippen LogP contribution in [0.5, 0.6) is 0 Å². The van der Waals surface area contributed by atoms with E-state index in [2.05, 4.69) is 231 Å². The van der Waals surface area contributed by atoms with Crippen molar-refractivity contribution in [1.82, 2.24) is 0 Å². The molecule has 0 amide bonds. The zero-order valence-electron chi connectivity index (χ0n) is 31.7. The van der Waals surface area contributed by atoms with Crippen LogP contribution in [0.2, 0.25) is 0 Å². The Morgan fingerprint density at radius 2 is 0.804 bits per heavy atom. The summed E-state index contributed by atoms with van der Waals surface area (Å²) in [5.74, 6) is 0. The van der Waals surface area contributed by atoms with E-state index in [4.69, 9.17) is 0 Å². The van der Waals surface area contributed by atoms with Crippen LogP contribution in [0, 0.1) is 0 Å². The van der Waals surface area contributed by atoms with Crippen molar-refractivity contribution in [2.45, 2.75) is 19.3 Å². The minimum atomic E-state index is -0.267. The fourth-order valence-electron chi connectivity index (χ4n) is 8.99. The number of anilines is 3. The molecule has 0 saturated carbocycles. The van der Waals surface area contributed by atoms with Gasteiger partial charge in [0.15, 0.2) is 0 Å². The van der Waals surface area contributed by atoms with Crippen LogP contribution in [-0.4, -0.2) is 0 Å². The average molecular weight is 716 g/mol. The van der Waals surface area contributed by atoms with Crippen molar-refractivity contribution in [3.8, 4) is 55.6 Å². The van der Waals surface area contributed by atoms with Crippen LogP contribution in [0.25, 0.3) is 66.4 Å². The average Bonchev–Trinajstić information content (AvgIpc) is 3.49. The van der Waals surface area contributed by atoms with Crippen molar-refractivity contribution in [1.29, 1.82) is 0 Å². The molecule has 9 aromatic rings. The van der Waals surface area contributed by atoms with Gasteiger partial charge in [0, 0.05) is 16.5 Å². The van der Waals surface area contributed by atoms with Crippen LogP contribution < -0.4 is 4.90 Å². The quantitative estimate of drug-likeness (QED) is 0.159. The number of rotatable bonds is 7. The van der Waals surface area contributed by atoms with Gasteiger partial charge in [0.2, 0.25) is 0 Å². The first-order chi connectivity index (χ1) is 27.6. The number of fused-ring (bicyclic) bond motifs is 4. The minimum absolute atomic E-state index is 0.267. The Labute approximate surface area is 329 Å². The number of hydrogen-bond donors (Lipinski definition) is 0. The lowest BCUT2D eigenvalue weighted by Crippen LogP contribution is -2.21. The first-order valence-corrected chi connectivity index (χ1v) is 19.5. The highest BCUT2D eigenvalue weighted by Gasteiger charge is 2.40. The molecule has 56 heavy (non-hydrogen) atoms. The molecule has 0 aromatic heterocycles. The lowest BCUT2D eigenvalue weighted by Gasteiger charge is -2.35. The summed E-state index contributed by atoms with van der Waals surface area (Å²) in [5, 5.41) is 2.54. The van der Waals surface area contributed by atoms with E-state index in [1.807, 2.05) is 0 Å². The van der Waals surface area contributed by atoms with E-state index >= 15 is 0 Å². The van der Waals surface area contributed by atoms with Gasteiger partial charge in [-0.05, 0) is 103 Å². The predicted octanol–water partition coefficient (Wildman–Crippen LogP) is 15.3. The highest BCUT2D eigenvalue weighted by atomic mass is 15.2. The molecule has 0 N–H and O–H groups in total. The molecule has 0 saturated heterocycles. The molecular formula is C55H41N. The highest BCUT2D eigenvalue weighted by molar-refractivity contribution is 6.01. The molecular weight excluding hydrogens is 675 g/mol. The molecule has 266 valence electrons. The van der Waals surface area contributed by atoms with Crippen LogP contribution in [0.15, 0.2) is 212 Å². The Bertz CT molecular complexity index is 2870. The van der Waals surface area contributed by atoms with Crippen LogP contribution in [0.1, 0.15) is 25.0 Å². The first-order valence-electron chi connectivity index (χ1n) is 19.5.